The Bertz CT molecular complexity index is 1210. The average molecular weight is 878 g/mol. The molecular formula is C57H99NO5. The molecule has 0 saturated heterocycles. The third-order valence-electron chi connectivity index (χ3n) is 11.5. The van der Waals surface area contributed by atoms with Crippen LogP contribution in [0.25, 0.3) is 0 Å². The number of rotatable bonds is 46. The number of hydrogen-bond donors (Lipinski definition) is 3. The molecule has 3 N–H and O–H groups in total. The predicted octanol–water partition coefficient (Wildman–Crippen LogP) is 16.0. The quantitative estimate of drug-likeness (QED) is 0.0245. The largest absolute Gasteiger partial charge is 0.462 e. The molecule has 6 heteroatoms. The lowest BCUT2D eigenvalue weighted by atomic mass is 10.0. The zero-order chi connectivity index (χ0) is 45.9. The molecule has 0 saturated carbocycles. The van der Waals surface area contributed by atoms with Gasteiger partial charge in [0.1, 0.15) is 6.10 Å². The molecule has 0 aliphatic carbocycles. The first-order chi connectivity index (χ1) is 31.0. The second-order valence-corrected chi connectivity index (χ2v) is 17.6. The van der Waals surface area contributed by atoms with Crippen LogP contribution in [0.15, 0.2) is 85.1 Å². The summed E-state index contributed by atoms with van der Waals surface area (Å²) in [6, 6.07) is -0.725. The first-order valence-corrected chi connectivity index (χ1v) is 26.3. The topological polar surface area (TPSA) is 95.9 Å². The Hall–Kier alpha value is -2.96. The highest BCUT2D eigenvalue weighted by molar-refractivity contribution is 5.77. The number of esters is 1. The summed E-state index contributed by atoms with van der Waals surface area (Å²) >= 11 is 0. The van der Waals surface area contributed by atoms with Crippen LogP contribution in [0.3, 0.4) is 0 Å². The Labute approximate surface area is 389 Å². The highest BCUT2D eigenvalue weighted by Crippen LogP contribution is 2.17. The van der Waals surface area contributed by atoms with Crippen LogP contribution < -0.4 is 5.32 Å². The summed E-state index contributed by atoms with van der Waals surface area (Å²) < 4.78 is 5.90. The highest BCUT2D eigenvalue weighted by Gasteiger charge is 2.24. The summed E-state index contributed by atoms with van der Waals surface area (Å²) in [5.41, 5.74) is 0. The van der Waals surface area contributed by atoms with E-state index in [1.54, 1.807) is 0 Å². The number of carbonyl (C=O) groups is 2. The lowest BCUT2D eigenvalue weighted by Gasteiger charge is -2.24. The van der Waals surface area contributed by atoms with Crippen molar-refractivity contribution in [2.24, 2.45) is 0 Å². The van der Waals surface area contributed by atoms with Crippen molar-refractivity contribution < 1.29 is 24.5 Å². The molecule has 3 atom stereocenters. The van der Waals surface area contributed by atoms with Crippen molar-refractivity contribution in [3.63, 3.8) is 0 Å². The number of nitrogens with one attached hydrogen (secondary N) is 1. The van der Waals surface area contributed by atoms with Crippen molar-refractivity contribution in [2.45, 2.75) is 257 Å². The van der Waals surface area contributed by atoms with E-state index in [0.717, 1.165) is 89.9 Å². The van der Waals surface area contributed by atoms with Gasteiger partial charge in [-0.25, -0.2) is 0 Å². The molecule has 0 aromatic carbocycles. The van der Waals surface area contributed by atoms with Crippen molar-refractivity contribution >= 4 is 11.9 Å². The van der Waals surface area contributed by atoms with Crippen molar-refractivity contribution in [3.8, 4) is 0 Å². The minimum absolute atomic E-state index is 0.0313. The Balaban J connectivity index is 4.66. The summed E-state index contributed by atoms with van der Waals surface area (Å²) in [6.07, 6.45) is 65.0. The number of allylic oxidation sites excluding steroid dienone is 14. The van der Waals surface area contributed by atoms with Crippen LogP contribution in [-0.4, -0.2) is 46.9 Å². The van der Waals surface area contributed by atoms with Crippen molar-refractivity contribution in [1.82, 2.24) is 5.32 Å². The van der Waals surface area contributed by atoms with Gasteiger partial charge in [-0.2, -0.15) is 0 Å². The zero-order valence-electron chi connectivity index (χ0n) is 41.2. The van der Waals surface area contributed by atoms with E-state index in [4.69, 9.17) is 4.74 Å². The molecule has 362 valence electrons. The first kappa shape index (κ1) is 60.0. The van der Waals surface area contributed by atoms with Crippen LogP contribution in [-0.2, 0) is 14.3 Å². The molecule has 0 aromatic heterocycles. The van der Waals surface area contributed by atoms with Crippen LogP contribution in [0.2, 0.25) is 0 Å². The first-order valence-electron chi connectivity index (χ1n) is 26.3. The van der Waals surface area contributed by atoms with Gasteiger partial charge in [-0.3, -0.25) is 9.59 Å². The highest BCUT2D eigenvalue weighted by atomic mass is 16.5. The van der Waals surface area contributed by atoms with Gasteiger partial charge in [-0.1, -0.05) is 234 Å². The summed E-state index contributed by atoms with van der Waals surface area (Å²) in [7, 11) is 0. The zero-order valence-corrected chi connectivity index (χ0v) is 41.2. The van der Waals surface area contributed by atoms with E-state index in [1.165, 1.54) is 103 Å². The molecule has 0 aliphatic heterocycles. The van der Waals surface area contributed by atoms with Gasteiger partial charge in [-0.05, 0) is 77.0 Å². The lowest BCUT2D eigenvalue weighted by molar-refractivity contribution is -0.151. The maximum Gasteiger partial charge on any atom is 0.306 e. The minimum Gasteiger partial charge on any atom is -0.462 e. The number of hydrogen-bond acceptors (Lipinski definition) is 5. The number of aliphatic hydroxyl groups excluding tert-OH is 2. The minimum atomic E-state index is -0.808. The number of ether oxygens (including phenoxy) is 1. The SMILES string of the molecule is CC/C=C/C=C/C=C/CCCCCCCCCC(=O)OC(CCC/C=C/C/C=C/C/C=C/C/C=C/CC)CC(=O)NC(CO)C(O)CCCCCCCCCCCCCCCCC. The molecule has 0 rings (SSSR count). The monoisotopic (exact) mass is 878 g/mol. The number of unbranched alkanes of at least 4 members (excludes halogenated alkanes) is 22. The van der Waals surface area contributed by atoms with Crippen LogP contribution in [0.1, 0.15) is 239 Å². The van der Waals surface area contributed by atoms with Crippen molar-refractivity contribution in [2.75, 3.05) is 6.61 Å². The van der Waals surface area contributed by atoms with Gasteiger partial charge in [0.15, 0.2) is 0 Å². The fourth-order valence-electron chi connectivity index (χ4n) is 7.60. The molecule has 1 amide bonds. The van der Waals surface area contributed by atoms with E-state index in [9.17, 15) is 19.8 Å². The Morgan fingerprint density at radius 3 is 1.49 bits per heavy atom. The molecule has 0 fully saturated rings. The van der Waals surface area contributed by atoms with Gasteiger partial charge in [0.25, 0.3) is 0 Å². The third-order valence-corrected chi connectivity index (χ3v) is 11.5. The molecule has 0 bridgehead atoms. The van der Waals surface area contributed by atoms with E-state index in [0.29, 0.717) is 19.3 Å². The average Bonchev–Trinajstić information content (AvgIpc) is 3.28. The Morgan fingerprint density at radius 1 is 0.492 bits per heavy atom. The van der Waals surface area contributed by atoms with Gasteiger partial charge in [0, 0.05) is 6.42 Å². The summed E-state index contributed by atoms with van der Waals surface area (Å²) in [4.78, 5) is 26.2. The Morgan fingerprint density at radius 2 is 0.952 bits per heavy atom. The van der Waals surface area contributed by atoms with Crippen LogP contribution in [0, 0.1) is 0 Å². The second kappa shape index (κ2) is 50.0. The van der Waals surface area contributed by atoms with E-state index >= 15 is 0 Å². The smallest absolute Gasteiger partial charge is 0.306 e. The maximum atomic E-state index is 13.2. The fraction of sp³-hybridized carbons (Fsp3) is 0.719. The standard InChI is InChI=1S/C57H99NO5/c1-4-7-10-13-16-19-22-25-28-31-34-37-40-43-46-49-55(60)54(52-59)58-56(61)51-53(48-45-42-39-36-33-30-27-24-21-18-15-12-9-6-3)63-57(62)50-47-44-41-38-35-32-29-26-23-20-17-14-11-8-5-2/h8-9,11-12,14,17-18,20-21,23,27,30,36,39,53-55,59-60H,4-7,10,13,15-16,19,22,24-26,28-29,31-35,37-38,40-52H2,1-3H3,(H,58,61)/b11-8+,12-9+,17-14+,21-18+,23-20+,30-27+,39-36+. The molecular weight excluding hydrogens is 779 g/mol. The van der Waals surface area contributed by atoms with E-state index < -0.39 is 18.2 Å². The van der Waals surface area contributed by atoms with Crippen LogP contribution in [0.4, 0.5) is 0 Å². The van der Waals surface area contributed by atoms with Gasteiger partial charge in [0.05, 0.1) is 25.2 Å². The summed E-state index contributed by atoms with van der Waals surface area (Å²) in [6.45, 7) is 6.23. The van der Waals surface area contributed by atoms with Gasteiger partial charge in [0.2, 0.25) is 5.91 Å². The van der Waals surface area contributed by atoms with E-state index in [1.807, 2.05) is 0 Å². The number of carbonyl (C=O) groups excluding carboxylic acids is 2. The van der Waals surface area contributed by atoms with Gasteiger partial charge in [-0.15, -0.1) is 0 Å². The summed E-state index contributed by atoms with van der Waals surface area (Å²) in [5.74, 6) is -0.545. The van der Waals surface area contributed by atoms with Crippen molar-refractivity contribution in [3.05, 3.63) is 85.1 Å². The second-order valence-electron chi connectivity index (χ2n) is 17.6. The number of amides is 1. The number of aliphatic hydroxyl groups is 2. The fourth-order valence-corrected chi connectivity index (χ4v) is 7.60. The van der Waals surface area contributed by atoms with Crippen molar-refractivity contribution in [1.29, 1.82) is 0 Å². The van der Waals surface area contributed by atoms with Crippen LogP contribution >= 0.6 is 0 Å². The van der Waals surface area contributed by atoms with Crippen LogP contribution in [0.5, 0.6) is 0 Å². The normalized spacial score (nSPS) is 13.9. The molecule has 6 nitrogen and oxygen atoms in total. The third kappa shape index (κ3) is 45.4. The molecule has 3 unspecified atom stereocenters. The Kier molecular flexibility index (Phi) is 47.7. The molecule has 0 spiro atoms. The molecule has 0 aliphatic rings. The maximum absolute atomic E-state index is 13.2. The molecule has 0 aromatic rings. The van der Waals surface area contributed by atoms with Gasteiger partial charge >= 0.3 is 5.97 Å². The van der Waals surface area contributed by atoms with E-state index in [-0.39, 0.29) is 24.9 Å². The lowest BCUT2D eigenvalue weighted by Crippen LogP contribution is -2.46. The molecule has 0 radical (unpaired) electrons. The van der Waals surface area contributed by atoms with Gasteiger partial charge < -0.3 is 20.3 Å². The molecule has 63 heavy (non-hydrogen) atoms. The predicted molar refractivity (Wildman–Crippen MR) is 273 cm³/mol. The van der Waals surface area contributed by atoms with E-state index in [2.05, 4.69) is 111 Å². The summed E-state index contributed by atoms with van der Waals surface area (Å²) in [5, 5.41) is 23.8. The molecule has 0 heterocycles.